The molecule has 0 unspecified atom stereocenters. The van der Waals surface area contributed by atoms with Crippen LogP contribution in [0.4, 0.5) is 11.4 Å². The summed E-state index contributed by atoms with van der Waals surface area (Å²) in [6, 6.07) is 22.4. The van der Waals surface area contributed by atoms with Gasteiger partial charge in [0, 0.05) is 55.0 Å². The van der Waals surface area contributed by atoms with Crippen LogP contribution >= 0.6 is 0 Å². The molecule has 8 nitrogen and oxygen atoms in total. The molecule has 2 aliphatic rings. The van der Waals surface area contributed by atoms with E-state index < -0.39 is 0 Å². The molecule has 5 rings (SSSR count). The van der Waals surface area contributed by atoms with Crippen LogP contribution in [0.1, 0.15) is 62.3 Å². The molecule has 0 spiro atoms. The molecular formula is C32H37N5O3. The number of carbonyl (C=O) groups is 3. The van der Waals surface area contributed by atoms with E-state index in [-0.39, 0.29) is 29.8 Å². The smallest absolute Gasteiger partial charge is 0.255 e. The third-order valence-electron chi connectivity index (χ3n) is 7.82. The van der Waals surface area contributed by atoms with E-state index in [9.17, 15) is 14.4 Å². The van der Waals surface area contributed by atoms with Gasteiger partial charge in [0.05, 0.1) is 11.4 Å². The van der Waals surface area contributed by atoms with Crippen LogP contribution in [0.2, 0.25) is 0 Å². The molecule has 208 valence electrons. The molecule has 3 aromatic rings. The quantitative estimate of drug-likeness (QED) is 0.435. The molecule has 1 aliphatic heterocycles. The first-order chi connectivity index (χ1) is 19.4. The summed E-state index contributed by atoms with van der Waals surface area (Å²) in [5.74, 6) is -0.374. The zero-order valence-corrected chi connectivity index (χ0v) is 22.9. The Hall–Kier alpha value is -4.17. The van der Waals surface area contributed by atoms with Crippen LogP contribution < -0.4 is 21.3 Å². The molecule has 1 heterocycles. The van der Waals surface area contributed by atoms with E-state index in [0.717, 1.165) is 36.9 Å². The van der Waals surface area contributed by atoms with Crippen LogP contribution in [0.25, 0.3) is 0 Å². The second kappa shape index (κ2) is 12.3. The van der Waals surface area contributed by atoms with E-state index in [4.69, 9.17) is 5.73 Å². The summed E-state index contributed by atoms with van der Waals surface area (Å²) in [7, 11) is 0. The SMILES string of the molecule is Cc1cccc(C(=O)N2CCN(c3ccc(C(=O)NC4CCC(N)CC4)cc3NC(=O)c3ccccc3)CC2)c1. The Morgan fingerprint density at radius 3 is 2.15 bits per heavy atom. The van der Waals surface area contributed by atoms with Crippen molar-refractivity contribution in [3.05, 3.63) is 95.1 Å². The maximum absolute atomic E-state index is 13.2. The minimum atomic E-state index is -0.242. The van der Waals surface area contributed by atoms with Gasteiger partial charge in [-0.05, 0) is 75.1 Å². The third kappa shape index (κ3) is 6.51. The van der Waals surface area contributed by atoms with Gasteiger partial charge < -0.3 is 26.2 Å². The highest BCUT2D eigenvalue weighted by molar-refractivity contribution is 6.07. The van der Waals surface area contributed by atoms with Crippen molar-refractivity contribution in [2.75, 3.05) is 36.4 Å². The normalized spacial score (nSPS) is 19.1. The van der Waals surface area contributed by atoms with Gasteiger partial charge in [-0.3, -0.25) is 14.4 Å². The highest BCUT2D eigenvalue weighted by atomic mass is 16.2. The fraction of sp³-hybridized carbons (Fsp3) is 0.344. The van der Waals surface area contributed by atoms with E-state index in [1.165, 1.54) is 0 Å². The summed E-state index contributed by atoms with van der Waals surface area (Å²) in [4.78, 5) is 43.4. The number of nitrogens with one attached hydrogen (secondary N) is 2. The Balaban J connectivity index is 1.33. The minimum Gasteiger partial charge on any atom is -0.366 e. The molecule has 4 N–H and O–H groups in total. The highest BCUT2D eigenvalue weighted by Crippen LogP contribution is 2.30. The molecule has 8 heteroatoms. The molecule has 1 saturated heterocycles. The van der Waals surface area contributed by atoms with Crippen LogP contribution in [0.15, 0.2) is 72.8 Å². The van der Waals surface area contributed by atoms with Gasteiger partial charge >= 0.3 is 0 Å². The Bertz CT molecular complexity index is 1360. The Labute approximate surface area is 235 Å². The number of benzene rings is 3. The molecule has 1 saturated carbocycles. The first kappa shape index (κ1) is 27.4. The zero-order chi connectivity index (χ0) is 28.1. The van der Waals surface area contributed by atoms with Crippen LogP contribution in [0.3, 0.4) is 0 Å². The van der Waals surface area contributed by atoms with E-state index in [1.54, 1.807) is 18.2 Å². The van der Waals surface area contributed by atoms with Gasteiger partial charge in [0.15, 0.2) is 0 Å². The van der Waals surface area contributed by atoms with Gasteiger partial charge in [0.2, 0.25) is 0 Å². The lowest BCUT2D eigenvalue weighted by Crippen LogP contribution is -2.49. The number of nitrogens with two attached hydrogens (primary N) is 1. The molecular weight excluding hydrogens is 502 g/mol. The molecule has 0 atom stereocenters. The highest BCUT2D eigenvalue weighted by Gasteiger charge is 2.26. The number of piperazine rings is 1. The van der Waals surface area contributed by atoms with Crippen LogP contribution in [0.5, 0.6) is 0 Å². The molecule has 1 aliphatic carbocycles. The molecule has 2 fully saturated rings. The zero-order valence-electron chi connectivity index (χ0n) is 22.9. The van der Waals surface area contributed by atoms with Crippen molar-refractivity contribution in [2.24, 2.45) is 5.73 Å². The Morgan fingerprint density at radius 1 is 0.750 bits per heavy atom. The van der Waals surface area contributed by atoms with Crippen molar-refractivity contribution in [1.29, 1.82) is 0 Å². The van der Waals surface area contributed by atoms with Gasteiger partial charge in [-0.2, -0.15) is 0 Å². The first-order valence-corrected chi connectivity index (χ1v) is 14.0. The second-order valence-corrected chi connectivity index (χ2v) is 10.8. The molecule has 0 bridgehead atoms. The van der Waals surface area contributed by atoms with Crippen molar-refractivity contribution in [1.82, 2.24) is 10.2 Å². The van der Waals surface area contributed by atoms with Crippen LogP contribution in [0, 0.1) is 6.92 Å². The van der Waals surface area contributed by atoms with Crippen molar-refractivity contribution >= 4 is 29.1 Å². The number of rotatable bonds is 6. The van der Waals surface area contributed by atoms with Gasteiger partial charge in [-0.15, -0.1) is 0 Å². The summed E-state index contributed by atoms with van der Waals surface area (Å²) >= 11 is 0. The molecule has 3 aromatic carbocycles. The van der Waals surface area contributed by atoms with Crippen molar-refractivity contribution < 1.29 is 14.4 Å². The Morgan fingerprint density at radius 2 is 1.45 bits per heavy atom. The number of hydrogen-bond donors (Lipinski definition) is 3. The number of nitrogens with zero attached hydrogens (tertiary/aromatic N) is 2. The lowest BCUT2D eigenvalue weighted by Gasteiger charge is -2.37. The topological polar surface area (TPSA) is 108 Å². The number of amides is 3. The van der Waals surface area contributed by atoms with Crippen LogP contribution in [-0.2, 0) is 0 Å². The van der Waals surface area contributed by atoms with Crippen molar-refractivity contribution in [3.8, 4) is 0 Å². The molecule has 3 amide bonds. The molecule has 40 heavy (non-hydrogen) atoms. The van der Waals surface area contributed by atoms with E-state index in [1.807, 2.05) is 66.4 Å². The Kier molecular flexibility index (Phi) is 8.45. The summed E-state index contributed by atoms with van der Waals surface area (Å²) in [6.07, 6.45) is 3.55. The van der Waals surface area contributed by atoms with Crippen LogP contribution in [-0.4, -0.2) is 60.9 Å². The van der Waals surface area contributed by atoms with E-state index in [2.05, 4.69) is 15.5 Å². The minimum absolute atomic E-state index is 0.0247. The van der Waals surface area contributed by atoms with Gasteiger partial charge in [-0.25, -0.2) is 0 Å². The average molecular weight is 540 g/mol. The van der Waals surface area contributed by atoms with Crippen molar-refractivity contribution in [2.45, 2.75) is 44.7 Å². The van der Waals surface area contributed by atoms with E-state index in [0.29, 0.717) is 48.6 Å². The fourth-order valence-corrected chi connectivity index (χ4v) is 5.48. The number of carbonyl (C=O) groups excluding carboxylic acids is 3. The lowest BCUT2D eigenvalue weighted by atomic mass is 9.91. The largest absolute Gasteiger partial charge is 0.366 e. The number of anilines is 2. The van der Waals surface area contributed by atoms with Crippen molar-refractivity contribution in [3.63, 3.8) is 0 Å². The maximum atomic E-state index is 13.2. The monoisotopic (exact) mass is 539 g/mol. The van der Waals surface area contributed by atoms with E-state index >= 15 is 0 Å². The summed E-state index contributed by atoms with van der Waals surface area (Å²) in [5, 5.41) is 6.18. The summed E-state index contributed by atoms with van der Waals surface area (Å²) in [5.41, 5.74) is 10.2. The summed E-state index contributed by atoms with van der Waals surface area (Å²) < 4.78 is 0. The number of aryl methyl sites for hydroxylation is 1. The first-order valence-electron chi connectivity index (χ1n) is 14.0. The maximum Gasteiger partial charge on any atom is 0.255 e. The number of hydrogen-bond acceptors (Lipinski definition) is 5. The molecule has 0 radical (unpaired) electrons. The predicted molar refractivity (Wildman–Crippen MR) is 158 cm³/mol. The standard InChI is InChI=1S/C32H37N5O3/c1-22-6-5-9-25(20-22)32(40)37-18-16-36(17-19-37)29-15-10-24(31(39)34-27-13-11-26(33)12-14-27)21-28(29)35-30(38)23-7-3-2-4-8-23/h2-10,15,20-21,26-27H,11-14,16-19,33H2,1H3,(H,34,39)(H,35,38). The fourth-order valence-electron chi connectivity index (χ4n) is 5.48. The predicted octanol–water partition coefficient (Wildman–Crippen LogP) is 4.21. The molecule has 0 aromatic heterocycles. The lowest BCUT2D eigenvalue weighted by molar-refractivity contribution is 0.0746. The van der Waals surface area contributed by atoms with Gasteiger partial charge in [0.1, 0.15) is 0 Å². The average Bonchev–Trinajstić information content (AvgIpc) is 2.98. The van der Waals surface area contributed by atoms with Gasteiger partial charge in [0.25, 0.3) is 17.7 Å². The second-order valence-electron chi connectivity index (χ2n) is 10.8. The third-order valence-corrected chi connectivity index (χ3v) is 7.82. The summed E-state index contributed by atoms with van der Waals surface area (Å²) in [6.45, 7) is 4.32. The van der Waals surface area contributed by atoms with Gasteiger partial charge in [-0.1, -0.05) is 35.9 Å².